The number of thiazole rings is 1. The van der Waals surface area contributed by atoms with Crippen LogP contribution in [0.3, 0.4) is 0 Å². The van der Waals surface area contributed by atoms with Crippen LogP contribution in [-0.2, 0) is 17.8 Å². The average Bonchev–Trinajstić information content (AvgIpc) is 3.17. The number of rotatable bonds is 6. The quantitative estimate of drug-likeness (QED) is 0.405. The Hall–Kier alpha value is -3.18. The van der Waals surface area contributed by atoms with Gasteiger partial charge in [0.15, 0.2) is 5.13 Å². The van der Waals surface area contributed by atoms with E-state index in [4.69, 9.17) is 9.72 Å². The summed E-state index contributed by atoms with van der Waals surface area (Å²) in [5.41, 5.74) is 5.29. The predicted molar refractivity (Wildman–Crippen MR) is 123 cm³/mol. The van der Waals surface area contributed by atoms with E-state index >= 15 is 0 Å². The number of nitrogens with zero attached hydrogens (tertiary/aromatic N) is 2. The molecule has 30 heavy (non-hydrogen) atoms. The SMILES string of the molecule is COc1ccc2sc(N(Cc3ccccc3)C(=O)Cc3ccc(C)cc3C)nc2c1. The molecule has 4 nitrogen and oxygen atoms in total. The van der Waals surface area contributed by atoms with Crippen LogP contribution >= 0.6 is 11.3 Å². The van der Waals surface area contributed by atoms with E-state index in [1.807, 2.05) is 54.6 Å². The van der Waals surface area contributed by atoms with Gasteiger partial charge in [0.25, 0.3) is 0 Å². The summed E-state index contributed by atoms with van der Waals surface area (Å²) >= 11 is 1.53. The molecule has 0 aliphatic heterocycles. The van der Waals surface area contributed by atoms with Crippen molar-refractivity contribution in [2.75, 3.05) is 12.0 Å². The summed E-state index contributed by atoms with van der Waals surface area (Å²) in [5, 5.41) is 0.705. The maximum Gasteiger partial charge on any atom is 0.233 e. The first-order valence-corrected chi connectivity index (χ1v) is 10.7. The summed E-state index contributed by atoms with van der Waals surface area (Å²) < 4.78 is 6.35. The lowest BCUT2D eigenvalue weighted by Gasteiger charge is -2.21. The van der Waals surface area contributed by atoms with Crippen LogP contribution in [0.4, 0.5) is 5.13 Å². The minimum absolute atomic E-state index is 0.0387. The fraction of sp³-hybridized carbons (Fsp3) is 0.200. The number of aryl methyl sites for hydroxylation is 2. The maximum atomic E-state index is 13.4. The molecule has 0 saturated carbocycles. The van der Waals surface area contributed by atoms with Gasteiger partial charge in [0, 0.05) is 6.07 Å². The summed E-state index contributed by atoms with van der Waals surface area (Å²) in [6.07, 6.45) is 0.345. The van der Waals surface area contributed by atoms with Crippen molar-refractivity contribution < 1.29 is 9.53 Å². The van der Waals surface area contributed by atoms with Gasteiger partial charge in [-0.05, 0) is 42.7 Å². The van der Waals surface area contributed by atoms with Crippen LogP contribution in [0.5, 0.6) is 5.75 Å². The second kappa shape index (κ2) is 8.67. The molecule has 0 radical (unpaired) electrons. The highest BCUT2D eigenvalue weighted by molar-refractivity contribution is 7.22. The molecule has 1 amide bonds. The average molecular weight is 417 g/mol. The standard InChI is InChI=1S/C25H24N2O2S/c1-17-9-10-20(18(2)13-17)14-24(28)27(16-19-7-5-4-6-8-19)25-26-22-15-21(29-3)11-12-23(22)30-25/h4-13,15H,14,16H2,1-3H3. The Bertz CT molecular complexity index is 1180. The molecular formula is C25H24N2O2S. The van der Waals surface area contributed by atoms with Gasteiger partial charge >= 0.3 is 0 Å². The highest BCUT2D eigenvalue weighted by atomic mass is 32.1. The summed E-state index contributed by atoms with van der Waals surface area (Å²) in [4.78, 5) is 20.0. The number of aromatic nitrogens is 1. The summed E-state index contributed by atoms with van der Waals surface area (Å²) in [7, 11) is 1.64. The van der Waals surface area contributed by atoms with Gasteiger partial charge < -0.3 is 4.74 Å². The topological polar surface area (TPSA) is 42.4 Å². The lowest BCUT2D eigenvalue weighted by molar-refractivity contribution is -0.118. The predicted octanol–water partition coefficient (Wildman–Crippen LogP) is 5.70. The Morgan fingerprint density at radius 1 is 1.03 bits per heavy atom. The molecule has 152 valence electrons. The highest BCUT2D eigenvalue weighted by Crippen LogP contribution is 2.32. The van der Waals surface area contributed by atoms with E-state index < -0.39 is 0 Å². The summed E-state index contributed by atoms with van der Waals surface area (Å²) in [5.74, 6) is 0.799. The molecule has 0 aliphatic carbocycles. The van der Waals surface area contributed by atoms with E-state index in [-0.39, 0.29) is 5.91 Å². The van der Waals surface area contributed by atoms with Gasteiger partial charge in [-0.2, -0.15) is 0 Å². The van der Waals surface area contributed by atoms with Crippen molar-refractivity contribution in [3.8, 4) is 5.75 Å². The van der Waals surface area contributed by atoms with Crippen LogP contribution < -0.4 is 9.64 Å². The fourth-order valence-electron chi connectivity index (χ4n) is 3.47. The smallest absolute Gasteiger partial charge is 0.233 e. The van der Waals surface area contributed by atoms with Gasteiger partial charge in [-0.15, -0.1) is 0 Å². The van der Waals surface area contributed by atoms with Crippen LogP contribution in [0.15, 0.2) is 66.7 Å². The Morgan fingerprint density at radius 3 is 2.57 bits per heavy atom. The molecule has 4 rings (SSSR count). The number of fused-ring (bicyclic) bond motifs is 1. The molecule has 0 atom stereocenters. The molecule has 0 fully saturated rings. The molecule has 0 N–H and O–H groups in total. The molecule has 0 unspecified atom stereocenters. The van der Waals surface area contributed by atoms with Crippen LogP contribution in [0.1, 0.15) is 22.3 Å². The van der Waals surface area contributed by atoms with E-state index in [2.05, 4.69) is 26.0 Å². The van der Waals surface area contributed by atoms with E-state index in [0.717, 1.165) is 32.7 Å². The van der Waals surface area contributed by atoms with Crippen molar-refractivity contribution in [3.63, 3.8) is 0 Å². The van der Waals surface area contributed by atoms with E-state index in [1.165, 1.54) is 16.9 Å². The van der Waals surface area contributed by atoms with Crippen molar-refractivity contribution in [1.82, 2.24) is 4.98 Å². The second-order valence-electron chi connectivity index (χ2n) is 7.40. The molecule has 0 bridgehead atoms. The third kappa shape index (κ3) is 4.36. The Balaban J connectivity index is 1.69. The van der Waals surface area contributed by atoms with Gasteiger partial charge in [-0.3, -0.25) is 9.69 Å². The fourth-order valence-corrected chi connectivity index (χ4v) is 4.43. The first kappa shape index (κ1) is 20.1. The Labute approximate surface area is 180 Å². The van der Waals surface area contributed by atoms with Crippen molar-refractivity contribution >= 4 is 32.6 Å². The molecule has 1 aromatic heterocycles. The third-order valence-electron chi connectivity index (χ3n) is 5.14. The number of carbonyl (C=O) groups is 1. The molecule has 3 aromatic carbocycles. The van der Waals surface area contributed by atoms with Crippen molar-refractivity contribution in [2.45, 2.75) is 26.8 Å². The first-order valence-electron chi connectivity index (χ1n) is 9.88. The molecule has 0 aliphatic rings. The van der Waals surface area contributed by atoms with Crippen molar-refractivity contribution in [3.05, 3.63) is 89.0 Å². The maximum absolute atomic E-state index is 13.4. The van der Waals surface area contributed by atoms with Gasteiger partial charge in [0.1, 0.15) is 5.75 Å². The van der Waals surface area contributed by atoms with Crippen LogP contribution in [-0.4, -0.2) is 18.0 Å². The van der Waals surface area contributed by atoms with Gasteiger partial charge in [0.05, 0.1) is 30.3 Å². The van der Waals surface area contributed by atoms with E-state index in [1.54, 1.807) is 12.0 Å². The minimum Gasteiger partial charge on any atom is -0.497 e. The van der Waals surface area contributed by atoms with Crippen LogP contribution in [0.2, 0.25) is 0 Å². The van der Waals surface area contributed by atoms with Gasteiger partial charge in [0.2, 0.25) is 5.91 Å². The van der Waals surface area contributed by atoms with Crippen LogP contribution in [0, 0.1) is 13.8 Å². The number of benzene rings is 3. The molecule has 4 aromatic rings. The number of methoxy groups -OCH3 is 1. The van der Waals surface area contributed by atoms with Gasteiger partial charge in [-0.1, -0.05) is 65.4 Å². The second-order valence-corrected chi connectivity index (χ2v) is 8.41. The molecular weight excluding hydrogens is 392 g/mol. The number of ether oxygens (including phenoxy) is 1. The van der Waals surface area contributed by atoms with Crippen LogP contribution in [0.25, 0.3) is 10.2 Å². The third-order valence-corrected chi connectivity index (χ3v) is 6.20. The number of amides is 1. The lowest BCUT2D eigenvalue weighted by atomic mass is 10.0. The number of hydrogen-bond donors (Lipinski definition) is 0. The van der Waals surface area contributed by atoms with Gasteiger partial charge in [-0.25, -0.2) is 4.98 Å². The zero-order valence-electron chi connectivity index (χ0n) is 17.4. The monoisotopic (exact) mass is 416 g/mol. The molecule has 0 saturated heterocycles. The zero-order chi connectivity index (χ0) is 21.1. The summed E-state index contributed by atoms with van der Waals surface area (Å²) in [6, 6.07) is 22.1. The molecule has 0 spiro atoms. The zero-order valence-corrected chi connectivity index (χ0v) is 18.2. The van der Waals surface area contributed by atoms with Crippen molar-refractivity contribution in [1.29, 1.82) is 0 Å². The first-order chi connectivity index (χ1) is 14.5. The largest absolute Gasteiger partial charge is 0.497 e. The summed E-state index contributed by atoms with van der Waals surface area (Å²) in [6.45, 7) is 4.61. The number of anilines is 1. The lowest BCUT2D eigenvalue weighted by Crippen LogP contribution is -2.31. The normalized spacial score (nSPS) is 10.9. The molecule has 5 heteroatoms. The van der Waals surface area contributed by atoms with Crippen molar-refractivity contribution in [2.24, 2.45) is 0 Å². The number of hydrogen-bond acceptors (Lipinski definition) is 4. The Kier molecular flexibility index (Phi) is 5.81. The minimum atomic E-state index is 0.0387. The highest BCUT2D eigenvalue weighted by Gasteiger charge is 2.21. The Morgan fingerprint density at radius 2 is 1.83 bits per heavy atom. The molecule has 1 heterocycles. The van der Waals surface area contributed by atoms with E-state index in [0.29, 0.717) is 18.1 Å². The number of carbonyl (C=O) groups excluding carboxylic acids is 1. The van der Waals surface area contributed by atoms with E-state index in [9.17, 15) is 4.79 Å².